The van der Waals surface area contributed by atoms with E-state index in [0.29, 0.717) is 13.0 Å². The van der Waals surface area contributed by atoms with Crippen molar-refractivity contribution in [2.45, 2.75) is 19.4 Å². The van der Waals surface area contributed by atoms with Crippen molar-refractivity contribution in [1.29, 1.82) is 0 Å². The Morgan fingerprint density at radius 3 is 2.33 bits per heavy atom. The molecule has 0 spiro atoms. The standard InChI is InChI=1S/C7H11NO4/c1-4-2-5(6(9)10)8(3-4)7(11)12/h4-5H,2-3H2,1H3,(H,9,10)(H,11,12). The molecule has 0 saturated carbocycles. The number of hydrogen-bond acceptors (Lipinski definition) is 2. The summed E-state index contributed by atoms with van der Waals surface area (Å²) in [5, 5.41) is 17.3. The van der Waals surface area contributed by atoms with Crippen molar-refractivity contribution in [3.8, 4) is 0 Å². The summed E-state index contributed by atoms with van der Waals surface area (Å²) in [7, 11) is 0. The monoisotopic (exact) mass is 173 g/mol. The Hall–Kier alpha value is -1.26. The van der Waals surface area contributed by atoms with Gasteiger partial charge >= 0.3 is 12.1 Å². The van der Waals surface area contributed by atoms with Crippen molar-refractivity contribution >= 4 is 12.1 Å². The fourth-order valence-electron chi connectivity index (χ4n) is 1.49. The van der Waals surface area contributed by atoms with Crippen LogP contribution in [0.25, 0.3) is 0 Å². The molecule has 2 unspecified atom stereocenters. The number of nitrogens with zero attached hydrogens (tertiary/aromatic N) is 1. The van der Waals surface area contributed by atoms with Crippen molar-refractivity contribution < 1.29 is 19.8 Å². The second-order valence-electron chi connectivity index (χ2n) is 3.13. The van der Waals surface area contributed by atoms with Gasteiger partial charge in [0.25, 0.3) is 0 Å². The van der Waals surface area contributed by atoms with Gasteiger partial charge in [0.2, 0.25) is 0 Å². The molecule has 0 aromatic heterocycles. The first-order valence-electron chi connectivity index (χ1n) is 3.74. The van der Waals surface area contributed by atoms with Gasteiger partial charge in [-0.1, -0.05) is 6.92 Å². The largest absolute Gasteiger partial charge is 0.480 e. The van der Waals surface area contributed by atoms with E-state index in [1.807, 2.05) is 6.92 Å². The molecule has 1 heterocycles. The highest BCUT2D eigenvalue weighted by Crippen LogP contribution is 2.22. The van der Waals surface area contributed by atoms with Gasteiger partial charge in [0.1, 0.15) is 6.04 Å². The SMILES string of the molecule is CC1CC(C(=O)O)N(C(=O)O)C1. The number of amides is 1. The van der Waals surface area contributed by atoms with E-state index in [4.69, 9.17) is 10.2 Å². The Morgan fingerprint density at radius 1 is 1.42 bits per heavy atom. The minimum Gasteiger partial charge on any atom is -0.480 e. The Labute approximate surface area is 69.6 Å². The number of carbonyl (C=O) groups is 2. The summed E-state index contributed by atoms with van der Waals surface area (Å²) >= 11 is 0. The van der Waals surface area contributed by atoms with Crippen molar-refractivity contribution in [3.63, 3.8) is 0 Å². The molecule has 1 aliphatic heterocycles. The lowest BCUT2D eigenvalue weighted by Crippen LogP contribution is -2.39. The molecule has 0 aromatic carbocycles. The van der Waals surface area contributed by atoms with E-state index >= 15 is 0 Å². The fourth-order valence-corrected chi connectivity index (χ4v) is 1.49. The Morgan fingerprint density at radius 2 is 2.00 bits per heavy atom. The van der Waals surface area contributed by atoms with Gasteiger partial charge in [-0.15, -0.1) is 0 Å². The van der Waals surface area contributed by atoms with E-state index in [2.05, 4.69) is 0 Å². The van der Waals surface area contributed by atoms with Crippen LogP contribution in [0.4, 0.5) is 4.79 Å². The molecule has 0 radical (unpaired) electrons. The number of aliphatic carboxylic acids is 1. The molecule has 0 bridgehead atoms. The van der Waals surface area contributed by atoms with E-state index in [-0.39, 0.29) is 5.92 Å². The predicted molar refractivity (Wildman–Crippen MR) is 39.9 cm³/mol. The third-order valence-electron chi connectivity index (χ3n) is 2.04. The van der Waals surface area contributed by atoms with Crippen LogP contribution in [0.5, 0.6) is 0 Å². The first kappa shape index (κ1) is 8.83. The van der Waals surface area contributed by atoms with E-state index in [1.54, 1.807) is 0 Å². The zero-order valence-corrected chi connectivity index (χ0v) is 6.73. The average molecular weight is 173 g/mol. The van der Waals surface area contributed by atoms with E-state index in [0.717, 1.165) is 4.90 Å². The highest BCUT2D eigenvalue weighted by atomic mass is 16.4. The number of rotatable bonds is 1. The summed E-state index contributed by atoms with van der Waals surface area (Å²) < 4.78 is 0. The van der Waals surface area contributed by atoms with E-state index < -0.39 is 18.1 Å². The summed E-state index contributed by atoms with van der Waals surface area (Å²) in [4.78, 5) is 22.1. The zero-order valence-electron chi connectivity index (χ0n) is 6.73. The highest BCUT2D eigenvalue weighted by molar-refractivity contribution is 5.80. The number of carboxylic acid groups (broad SMARTS) is 2. The van der Waals surface area contributed by atoms with Gasteiger partial charge in [-0.25, -0.2) is 9.59 Å². The van der Waals surface area contributed by atoms with Gasteiger partial charge < -0.3 is 10.2 Å². The zero-order chi connectivity index (χ0) is 9.30. The second kappa shape index (κ2) is 3.00. The molecule has 2 N–H and O–H groups in total. The maximum atomic E-state index is 10.6. The normalized spacial score (nSPS) is 28.9. The molecular formula is C7H11NO4. The molecule has 12 heavy (non-hydrogen) atoms. The van der Waals surface area contributed by atoms with Gasteiger partial charge in [-0.2, -0.15) is 0 Å². The van der Waals surface area contributed by atoms with Crippen molar-refractivity contribution in [2.24, 2.45) is 5.92 Å². The van der Waals surface area contributed by atoms with Crippen molar-refractivity contribution in [3.05, 3.63) is 0 Å². The van der Waals surface area contributed by atoms with Crippen LogP contribution in [0.3, 0.4) is 0 Å². The van der Waals surface area contributed by atoms with Crippen LogP contribution < -0.4 is 0 Å². The third kappa shape index (κ3) is 1.49. The van der Waals surface area contributed by atoms with Gasteiger partial charge in [0.15, 0.2) is 0 Å². The lowest BCUT2D eigenvalue weighted by molar-refractivity contribution is -0.141. The van der Waals surface area contributed by atoms with Gasteiger partial charge in [-0.05, 0) is 12.3 Å². The number of carboxylic acids is 1. The lowest BCUT2D eigenvalue weighted by Gasteiger charge is -2.16. The molecule has 1 saturated heterocycles. The molecule has 1 amide bonds. The van der Waals surface area contributed by atoms with E-state index in [1.165, 1.54) is 0 Å². The topological polar surface area (TPSA) is 77.8 Å². The Balaban J connectivity index is 2.72. The Kier molecular flexibility index (Phi) is 2.21. The molecule has 5 heteroatoms. The quantitative estimate of drug-likeness (QED) is 0.603. The summed E-state index contributed by atoms with van der Waals surface area (Å²) in [5.41, 5.74) is 0. The summed E-state index contributed by atoms with van der Waals surface area (Å²) in [5.74, 6) is -0.913. The Bertz CT molecular complexity index is 193. The fraction of sp³-hybridized carbons (Fsp3) is 0.714. The molecular weight excluding hydrogens is 162 g/mol. The van der Waals surface area contributed by atoms with Crippen LogP contribution in [-0.2, 0) is 4.79 Å². The smallest absolute Gasteiger partial charge is 0.408 e. The molecule has 1 fully saturated rings. The van der Waals surface area contributed by atoms with Gasteiger partial charge in [0.05, 0.1) is 0 Å². The van der Waals surface area contributed by atoms with Crippen LogP contribution in [0, 0.1) is 5.92 Å². The maximum Gasteiger partial charge on any atom is 0.408 e. The summed E-state index contributed by atoms with van der Waals surface area (Å²) in [6.45, 7) is 2.17. The summed E-state index contributed by atoms with van der Waals surface area (Å²) in [6.07, 6.45) is -0.728. The third-order valence-corrected chi connectivity index (χ3v) is 2.04. The van der Waals surface area contributed by atoms with Crippen LogP contribution in [0.15, 0.2) is 0 Å². The predicted octanol–water partition coefficient (Wildman–Crippen LogP) is 0.459. The first-order valence-corrected chi connectivity index (χ1v) is 3.74. The van der Waals surface area contributed by atoms with Crippen molar-refractivity contribution in [1.82, 2.24) is 4.90 Å². The van der Waals surface area contributed by atoms with Crippen LogP contribution in [-0.4, -0.2) is 39.8 Å². The highest BCUT2D eigenvalue weighted by Gasteiger charge is 2.37. The van der Waals surface area contributed by atoms with Crippen LogP contribution in [0.2, 0.25) is 0 Å². The first-order chi connectivity index (χ1) is 5.52. The molecule has 2 atom stereocenters. The molecule has 1 rings (SSSR count). The van der Waals surface area contributed by atoms with Crippen LogP contribution in [0.1, 0.15) is 13.3 Å². The molecule has 5 nitrogen and oxygen atoms in total. The maximum absolute atomic E-state index is 10.6. The second-order valence-corrected chi connectivity index (χ2v) is 3.13. The molecule has 1 aliphatic rings. The average Bonchev–Trinajstić information content (AvgIpc) is 2.31. The number of likely N-dealkylation sites (tertiary alicyclic amines) is 1. The number of hydrogen-bond donors (Lipinski definition) is 2. The van der Waals surface area contributed by atoms with Crippen molar-refractivity contribution in [2.75, 3.05) is 6.54 Å². The molecule has 0 aliphatic carbocycles. The lowest BCUT2D eigenvalue weighted by atomic mass is 10.1. The minimum absolute atomic E-state index is 0.141. The molecule has 68 valence electrons. The van der Waals surface area contributed by atoms with Crippen LogP contribution >= 0.6 is 0 Å². The van der Waals surface area contributed by atoms with Gasteiger partial charge in [-0.3, -0.25) is 4.90 Å². The van der Waals surface area contributed by atoms with Gasteiger partial charge in [0, 0.05) is 6.54 Å². The summed E-state index contributed by atoms with van der Waals surface area (Å²) in [6, 6.07) is -0.850. The van der Waals surface area contributed by atoms with E-state index in [9.17, 15) is 9.59 Å². The minimum atomic E-state index is -1.15. The molecule has 0 aromatic rings.